The number of ether oxygens (including phenoxy) is 1. The predicted octanol–water partition coefficient (Wildman–Crippen LogP) is 2.42. The van der Waals surface area contributed by atoms with E-state index in [2.05, 4.69) is 11.9 Å². The Morgan fingerprint density at radius 1 is 1.43 bits per heavy atom. The van der Waals surface area contributed by atoms with Crippen LogP contribution in [0.15, 0.2) is 24.3 Å². The molecular formula is C11H14ClNO. The van der Waals surface area contributed by atoms with E-state index >= 15 is 0 Å². The molecule has 1 aliphatic heterocycles. The molecule has 1 fully saturated rings. The van der Waals surface area contributed by atoms with Crippen LogP contribution in [0.25, 0.3) is 0 Å². The van der Waals surface area contributed by atoms with Gasteiger partial charge in [0.25, 0.3) is 0 Å². The van der Waals surface area contributed by atoms with E-state index in [9.17, 15) is 0 Å². The molecule has 0 aliphatic carbocycles. The molecule has 76 valence electrons. The lowest BCUT2D eigenvalue weighted by Gasteiger charge is -2.14. The first-order valence-corrected chi connectivity index (χ1v) is 5.23. The van der Waals surface area contributed by atoms with Crippen LogP contribution >= 0.6 is 11.6 Å². The van der Waals surface area contributed by atoms with Gasteiger partial charge in [0.05, 0.1) is 5.02 Å². The zero-order valence-electron chi connectivity index (χ0n) is 8.24. The molecule has 0 saturated carbocycles. The zero-order valence-corrected chi connectivity index (χ0v) is 9.00. The second-order valence-corrected chi connectivity index (χ2v) is 4.13. The van der Waals surface area contributed by atoms with Crippen LogP contribution < -0.4 is 4.74 Å². The van der Waals surface area contributed by atoms with Gasteiger partial charge >= 0.3 is 0 Å². The van der Waals surface area contributed by atoms with Gasteiger partial charge in [-0.15, -0.1) is 0 Å². The van der Waals surface area contributed by atoms with E-state index in [1.54, 1.807) is 0 Å². The van der Waals surface area contributed by atoms with E-state index < -0.39 is 0 Å². The molecule has 0 spiro atoms. The van der Waals surface area contributed by atoms with Gasteiger partial charge < -0.3 is 9.64 Å². The Morgan fingerprint density at radius 2 is 2.21 bits per heavy atom. The Labute approximate surface area is 89.4 Å². The normalized spacial score (nSPS) is 22.6. The van der Waals surface area contributed by atoms with Crippen LogP contribution in [-0.2, 0) is 0 Å². The van der Waals surface area contributed by atoms with Crippen LogP contribution in [0.3, 0.4) is 0 Å². The number of halogens is 1. The van der Waals surface area contributed by atoms with Crippen molar-refractivity contribution >= 4 is 11.6 Å². The van der Waals surface area contributed by atoms with Crippen LogP contribution in [0.2, 0.25) is 5.02 Å². The minimum atomic E-state index is 0.292. The van der Waals surface area contributed by atoms with Gasteiger partial charge in [-0.1, -0.05) is 23.7 Å². The third-order valence-corrected chi connectivity index (χ3v) is 2.79. The summed E-state index contributed by atoms with van der Waals surface area (Å²) in [6, 6.07) is 7.63. The van der Waals surface area contributed by atoms with Crippen LogP contribution in [0, 0.1) is 0 Å². The Balaban J connectivity index is 2.01. The number of likely N-dealkylation sites (N-methyl/N-ethyl adjacent to an activating group) is 1. The summed E-state index contributed by atoms with van der Waals surface area (Å²) in [5.74, 6) is 0.800. The Morgan fingerprint density at radius 3 is 2.86 bits per heavy atom. The smallest absolute Gasteiger partial charge is 0.138 e. The van der Waals surface area contributed by atoms with Crippen LogP contribution in [-0.4, -0.2) is 31.1 Å². The van der Waals surface area contributed by atoms with Gasteiger partial charge in [-0.2, -0.15) is 0 Å². The van der Waals surface area contributed by atoms with Crippen LogP contribution in [0.5, 0.6) is 5.75 Å². The molecule has 1 atom stereocenters. The molecule has 1 heterocycles. The quantitative estimate of drug-likeness (QED) is 0.745. The highest BCUT2D eigenvalue weighted by molar-refractivity contribution is 6.32. The van der Waals surface area contributed by atoms with Crippen molar-refractivity contribution in [2.75, 3.05) is 20.1 Å². The van der Waals surface area contributed by atoms with Crippen molar-refractivity contribution in [3.63, 3.8) is 0 Å². The monoisotopic (exact) mass is 211 g/mol. The van der Waals surface area contributed by atoms with Crippen LogP contribution in [0.1, 0.15) is 6.42 Å². The molecule has 0 bridgehead atoms. The number of hydrogen-bond acceptors (Lipinski definition) is 2. The summed E-state index contributed by atoms with van der Waals surface area (Å²) in [5, 5.41) is 0.696. The summed E-state index contributed by atoms with van der Waals surface area (Å²) in [4.78, 5) is 2.27. The molecule has 0 unspecified atom stereocenters. The SMILES string of the molecule is CN1CC[C@H](Oc2ccccc2Cl)C1. The van der Waals surface area contributed by atoms with Gasteiger partial charge in [0.1, 0.15) is 11.9 Å². The minimum absolute atomic E-state index is 0.292. The number of para-hydroxylation sites is 1. The summed E-state index contributed by atoms with van der Waals surface area (Å²) in [5.41, 5.74) is 0. The van der Waals surface area contributed by atoms with Gasteiger partial charge in [0.15, 0.2) is 0 Å². The van der Waals surface area contributed by atoms with E-state index in [1.807, 2.05) is 24.3 Å². The molecule has 3 heteroatoms. The first kappa shape index (κ1) is 9.81. The van der Waals surface area contributed by atoms with Crippen molar-refractivity contribution in [2.24, 2.45) is 0 Å². The number of hydrogen-bond donors (Lipinski definition) is 0. The van der Waals surface area contributed by atoms with Gasteiger partial charge in [-0.3, -0.25) is 0 Å². The molecule has 1 saturated heterocycles. The fourth-order valence-corrected chi connectivity index (χ4v) is 1.89. The van der Waals surface area contributed by atoms with E-state index in [0.717, 1.165) is 25.3 Å². The van der Waals surface area contributed by atoms with Crippen molar-refractivity contribution in [2.45, 2.75) is 12.5 Å². The third-order valence-electron chi connectivity index (χ3n) is 2.48. The van der Waals surface area contributed by atoms with Crippen molar-refractivity contribution in [1.82, 2.24) is 4.90 Å². The molecular weight excluding hydrogens is 198 g/mol. The highest BCUT2D eigenvalue weighted by atomic mass is 35.5. The first-order chi connectivity index (χ1) is 6.75. The lowest BCUT2D eigenvalue weighted by atomic mass is 10.3. The number of benzene rings is 1. The second kappa shape index (κ2) is 4.20. The molecule has 1 aromatic carbocycles. The summed E-state index contributed by atoms with van der Waals surface area (Å²) < 4.78 is 5.80. The van der Waals surface area contributed by atoms with Gasteiger partial charge in [-0.25, -0.2) is 0 Å². The molecule has 0 radical (unpaired) electrons. The molecule has 2 rings (SSSR count). The average Bonchev–Trinajstić information content (AvgIpc) is 2.56. The highest BCUT2D eigenvalue weighted by Gasteiger charge is 2.21. The van der Waals surface area contributed by atoms with E-state index in [4.69, 9.17) is 16.3 Å². The topological polar surface area (TPSA) is 12.5 Å². The summed E-state index contributed by atoms with van der Waals surface area (Å²) in [6.45, 7) is 2.10. The summed E-state index contributed by atoms with van der Waals surface area (Å²) in [6.07, 6.45) is 1.38. The molecule has 0 amide bonds. The van der Waals surface area contributed by atoms with Crippen molar-refractivity contribution in [3.8, 4) is 5.75 Å². The largest absolute Gasteiger partial charge is 0.487 e. The van der Waals surface area contributed by atoms with Gasteiger partial charge in [-0.05, 0) is 25.6 Å². The highest BCUT2D eigenvalue weighted by Crippen LogP contribution is 2.26. The zero-order chi connectivity index (χ0) is 9.97. The standard InChI is InChI=1S/C11H14ClNO/c1-13-7-6-9(8-13)14-11-5-3-2-4-10(11)12/h2-5,9H,6-8H2,1H3/t9-/m0/s1. The van der Waals surface area contributed by atoms with E-state index in [-0.39, 0.29) is 0 Å². The number of rotatable bonds is 2. The van der Waals surface area contributed by atoms with Gasteiger partial charge in [0.2, 0.25) is 0 Å². The van der Waals surface area contributed by atoms with E-state index in [0.29, 0.717) is 11.1 Å². The molecule has 0 aromatic heterocycles. The Bertz CT molecular complexity index is 316. The van der Waals surface area contributed by atoms with E-state index in [1.165, 1.54) is 0 Å². The maximum absolute atomic E-state index is 6.00. The van der Waals surface area contributed by atoms with Crippen LogP contribution in [0.4, 0.5) is 0 Å². The molecule has 2 nitrogen and oxygen atoms in total. The van der Waals surface area contributed by atoms with Crippen molar-refractivity contribution in [3.05, 3.63) is 29.3 Å². The number of nitrogens with zero attached hydrogens (tertiary/aromatic N) is 1. The summed E-state index contributed by atoms with van der Waals surface area (Å²) in [7, 11) is 2.11. The molecule has 1 aliphatic rings. The number of likely N-dealkylation sites (tertiary alicyclic amines) is 1. The average molecular weight is 212 g/mol. The predicted molar refractivity (Wildman–Crippen MR) is 58.0 cm³/mol. The fraction of sp³-hybridized carbons (Fsp3) is 0.455. The van der Waals surface area contributed by atoms with Gasteiger partial charge in [0, 0.05) is 13.1 Å². The first-order valence-electron chi connectivity index (χ1n) is 4.85. The molecule has 0 N–H and O–H groups in total. The van der Waals surface area contributed by atoms with Crippen molar-refractivity contribution in [1.29, 1.82) is 0 Å². The maximum Gasteiger partial charge on any atom is 0.138 e. The van der Waals surface area contributed by atoms with Crippen molar-refractivity contribution < 1.29 is 4.74 Å². The minimum Gasteiger partial charge on any atom is -0.487 e. The second-order valence-electron chi connectivity index (χ2n) is 3.72. The summed E-state index contributed by atoms with van der Waals surface area (Å²) >= 11 is 6.00. The molecule has 14 heavy (non-hydrogen) atoms. The Kier molecular flexibility index (Phi) is 2.94. The lowest BCUT2D eigenvalue weighted by molar-refractivity contribution is 0.208. The fourth-order valence-electron chi connectivity index (χ4n) is 1.71. The lowest BCUT2D eigenvalue weighted by Crippen LogP contribution is -2.21. The Hall–Kier alpha value is -0.730. The molecule has 1 aromatic rings. The third kappa shape index (κ3) is 2.20. The maximum atomic E-state index is 6.00.